The highest BCUT2D eigenvalue weighted by Gasteiger charge is 2.30. The van der Waals surface area contributed by atoms with Gasteiger partial charge >= 0.3 is 0 Å². The van der Waals surface area contributed by atoms with Gasteiger partial charge in [-0.05, 0) is 24.7 Å². The smallest absolute Gasteiger partial charge is 0.126 e. The van der Waals surface area contributed by atoms with Crippen molar-refractivity contribution < 1.29 is 8.78 Å². The Morgan fingerprint density at radius 1 is 1.17 bits per heavy atom. The largest absolute Gasteiger partial charge is 0.312 e. The van der Waals surface area contributed by atoms with Crippen molar-refractivity contribution >= 4 is 23.5 Å². The molecular weight excluding hydrogens is 272 g/mol. The highest BCUT2D eigenvalue weighted by Crippen LogP contribution is 2.38. The molecule has 0 radical (unpaired) electrons. The lowest BCUT2D eigenvalue weighted by molar-refractivity contribution is 0.536. The van der Waals surface area contributed by atoms with Crippen LogP contribution in [0.4, 0.5) is 8.78 Å². The lowest BCUT2D eigenvalue weighted by Crippen LogP contribution is -2.36. The number of hydrogen-bond donors (Lipinski definition) is 1. The Hall–Kier alpha value is -0.260. The van der Waals surface area contributed by atoms with Gasteiger partial charge in [-0.3, -0.25) is 0 Å². The second-order valence-electron chi connectivity index (χ2n) is 4.38. The molecule has 1 nitrogen and oxygen atoms in total. The Labute approximate surface area is 115 Å². The zero-order valence-electron chi connectivity index (χ0n) is 10.5. The van der Waals surface area contributed by atoms with Gasteiger partial charge in [-0.15, -0.1) is 0 Å². The quantitative estimate of drug-likeness (QED) is 0.915. The highest BCUT2D eigenvalue weighted by molar-refractivity contribution is 8.07. The molecule has 1 aliphatic rings. The van der Waals surface area contributed by atoms with Gasteiger partial charge in [0.05, 0.1) is 0 Å². The molecule has 1 fully saturated rings. The number of hydrogen-bond acceptors (Lipinski definition) is 3. The lowest BCUT2D eigenvalue weighted by Gasteiger charge is -2.34. The minimum Gasteiger partial charge on any atom is -0.312 e. The second-order valence-corrected chi connectivity index (χ2v) is 7.15. The number of thioether (sulfide) groups is 2. The SMILES string of the molecule is CNC(c1cc(F)cc(F)c1)C1SCCSC1C. The average Bonchev–Trinajstić information content (AvgIpc) is 2.31. The van der Waals surface area contributed by atoms with Crippen molar-refractivity contribution in [3.8, 4) is 0 Å². The van der Waals surface area contributed by atoms with E-state index in [-0.39, 0.29) is 6.04 Å². The average molecular weight is 289 g/mol. The summed E-state index contributed by atoms with van der Waals surface area (Å²) in [4.78, 5) is 0. The summed E-state index contributed by atoms with van der Waals surface area (Å²) >= 11 is 3.81. The van der Waals surface area contributed by atoms with Crippen LogP contribution in [0.3, 0.4) is 0 Å². The summed E-state index contributed by atoms with van der Waals surface area (Å²) in [5.74, 6) is 1.23. The summed E-state index contributed by atoms with van der Waals surface area (Å²) in [6.45, 7) is 2.18. The Bertz CT molecular complexity index is 394. The third-order valence-corrected chi connectivity index (χ3v) is 6.32. The molecule has 1 aromatic rings. The third-order valence-electron chi connectivity index (χ3n) is 3.12. The van der Waals surface area contributed by atoms with Gasteiger partial charge in [-0.1, -0.05) is 6.92 Å². The molecule has 100 valence electrons. The van der Waals surface area contributed by atoms with Crippen LogP contribution >= 0.6 is 23.5 Å². The topological polar surface area (TPSA) is 12.0 Å². The standard InChI is InChI=1S/C13H17F2NS2/c1-8-13(18-4-3-17-8)12(16-2)9-5-10(14)7-11(15)6-9/h5-8,12-13,16H,3-4H2,1-2H3. The number of rotatable bonds is 3. The maximum Gasteiger partial charge on any atom is 0.126 e. The third kappa shape index (κ3) is 3.19. The molecule has 0 aliphatic carbocycles. The van der Waals surface area contributed by atoms with Gasteiger partial charge in [0, 0.05) is 34.1 Å². The van der Waals surface area contributed by atoms with Crippen molar-refractivity contribution in [2.75, 3.05) is 18.6 Å². The maximum atomic E-state index is 13.3. The van der Waals surface area contributed by atoms with Gasteiger partial charge in [0.2, 0.25) is 0 Å². The molecule has 1 aromatic carbocycles. The van der Waals surface area contributed by atoms with Gasteiger partial charge < -0.3 is 5.32 Å². The van der Waals surface area contributed by atoms with Crippen molar-refractivity contribution in [2.24, 2.45) is 0 Å². The Morgan fingerprint density at radius 3 is 2.33 bits per heavy atom. The first-order chi connectivity index (χ1) is 8.61. The second kappa shape index (κ2) is 6.26. The normalized spacial score (nSPS) is 26.0. The van der Waals surface area contributed by atoms with E-state index < -0.39 is 11.6 Å². The van der Waals surface area contributed by atoms with Crippen LogP contribution in [-0.2, 0) is 0 Å². The Kier molecular flexibility index (Phi) is 4.92. The highest BCUT2D eigenvalue weighted by atomic mass is 32.2. The van der Waals surface area contributed by atoms with Crippen LogP contribution in [0.25, 0.3) is 0 Å². The van der Waals surface area contributed by atoms with Crippen LogP contribution in [0.5, 0.6) is 0 Å². The van der Waals surface area contributed by atoms with Crippen LogP contribution in [0.1, 0.15) is 18.5 Å². The summed E-state index contributed by atoms with van der Waals surface area (Å²) in [7, 11) is 1.85. The summed E-state index contributed by atoms with van der Waals surface area (Å²) in [5, 5.41) is 4.03. The summed E-state index contributed by atoms with van der Waals surface area (Å²) < 4.78 is 26.6. The minimum atomic E-state index is -0.508. The number of nitrogens with one attached hydrogen (secondary N) is 1. The first-order valence-corrected chi connectivity index (χ1v) is 8.08. The van der Waals surface area contributed by atoms with E-state index in [4.69, 9.17) is 0 Å². The lowest BCUT2D eigenvalue weighted by atomic mass is 10.0. The summed E-state index contributed by atoms with van der Waals surface area (Å²) in [5.41, 5.74) is 0.696. The van der Waals surface area contributed by atoms with E-state index >= 15 is 0 Å². The van der Waals surface area contributed by atoms with Crippen molar-refractivity contribution in [2.45, 2.75) is 23.5 Å². The van der Waals surface area contributed by atoms with Gasteiger partial charge in [0.1, 0.15) is 11.6 Å². The van der Waals surface area contributed by atoms with Crippen LogP contribution in [0.2, 0.25) is 0 Å². The van der Waals surface area contributed by atoms with Crippen LogP contribution in [0, 0.1) is 11.6 Å². The molecule has 3 atom stereocenters. The molecule has 0 saturated carbocycles. The van der Waals surface area contributed by atoms with Gasteiger partial charge in [-0.25, -0.2) is 8.78 Å². The van der Waals surface area contributed by atoms with Crippen molar-refractivity contribution in [1.82, 2.24) is 5.32 Å². The fraction of sp³-hybridized carbons (Fsp3) is 0.538. The molecule has 0 amide bonds. The van der Waals surface area contributed by atoms with Gasteiger partial charge in [-0.2, -0.15) is 23.5 Å². The van der Waals surface area contributed by atoms with Crippen LogP contribution in [0.15, 0.2) is 18.2 Å². The van der Waals surface area contributed by atoms with Crippen LogP contribution in [-0.4, -0.2) is 29.1 Å². The molecule has 1 N–H and O–H groups in total. The van der Waals surface area contributed by atoms with Gasteiger partial charge in [0.25, 0.3) is 0 Å². The molecule has 3 unspecified atom stereocenters. The first kappa shape index (κ1) is 14.2. The van der Waals surface area contributed by atoms with E-state index in [1.807, 2.05) is 30.6 Å². The molecule has 1 saturated heterocycles. The van der Waals surface area contributed by atoms with E-state index in [2.05, 4.69) is 12.2 Å². The first-order valence-electron chi connectivity index (χ1n) is 5.98. The Balaban J connectivity index is 2.26. The summed E-state index contributed by atoms with van der Waals surface area (Å²) in [6, 6.07) is 3.76. The van der Waals surface area contributed by atoms with Crippen LogP contribution < -0.4 is 5.32 Å². The van der Waals surface area contributed by atoms with Gasteiger partial charge in [0.15, 0.2) is 0 Å². The zero-order valence-corrected chi connectivity index (χ0v) is 12.1. The Morgan fingerprint density at radius 2 is 1.78 bits per heavy atom. The molecular formula is C13H17F2NS2. The molecule has 1 heterocycles. The predicted octanol–water partition coefficient (Wildman–Crippen LogP) is 3.46. The predicted molar refractivity (Wildman–Crippen MR) is 76.3 cm³/mol. The number of benzene rings is 1. The fourth-order valence-electron chi connectivity index (χ4n) is 2.29. The summed E-state index contributed by atoms with van der Waals surface area (Å²) in [6.07, 6.45) is 0. The van der Waals surface area contributed by atoms with Crippen molar-refractivity contribution in [3.63, 3.8) is 0 Å². The minimum absolute atomic E-state index is 0.0111. The molecule has 0 aromatic heterocycles. The monoisotopic (exact) mass is 289 g/mol. The number of halogens is 2. The van der Waals surface area contributed by atoms with E-state index in [9.17, 15) is 8.78 Å². The molecule has 1 aliphatic heterocycles. The maximum absolute atomic E-state index is 13.3. The van der Waals surface area contributed by atoms with E-state index in [0.717, 1.165) is 17.6 Å². The molecule has 18 heavy (non-hydrogen) atoms. The van der Waals surface area contributed by atoms with Crippen molar-refractivity contribution in [3.05, 3.63) is 35.4 Å². The van der Waals surface area contributed by atoms with E-state index in [0.29, 0.717) is 16.1 Å². The molecule has 0 bridgehead atoms. The van der Waals surface area contributed by atoms with E-state index in [1.54, 1.807) is 0 Å². The fourth-order valence-corrected chi connectivity index (χ4v) is 5.28. The van der Waals surface area contributed by atoms with Crippen molar-refractivity contribution in [1.29, 1.82) is 0 Å². The zero-order chi connectivity index (χ0) is 13.1. The molecule has 0 spiro atoms. The molecule has 2 rings (SSSR count). The molecule has 5 heteroatoms. The van der Waals surface area contributed by atoms with E-state index in [1.165, 1.54) is 12.1 Å².